The highest BCUT2D eigenvalue weighted by Gasteiger charge is 2.21. The molecule has 19 heavy (non-hydrogen) atoms. The molecule has 1 aromatic carbocycles. The van der Waals surface area contributed by atoms with Crippen LogP contribution < -0.4 is 9.47 Å². The third-order valence-electron chi connectivity index (χ3n) is 2.66. The zero-order valence-electron chi connectivity index (χ0n) is 10.4. The van der Waals surface area contributed by atoms with Gasteiger partial charge in [0, 0.05) is 4.88 Å². The molecule has 0 aliphatic rings. The van der Waals surface area contributed by atoms with Gasteiger partial charge in [-0.15, -0.1) is 11.3 Å². The van der Waals surface area contributed by atoms with Gasteiger partial charge in [-0.1, -0.05) is 6.07 Å². The zero-order valence-corrected chi connectivity index (χ0v) is 11.2. The van der Waals surface area contributed by atoms with Crippen molar-refractivity contribution in [1.29, 1.82) is 0 Å². The number of hydrogen-bond donors (Lipinski definition) is 1. The van der Waals surface area contributed by atoms with Crippen LogP contribution >= 0.6 is 11.3 Å². The minimum Gasteiger partial charge on any atom is -0.497 e. The van der Waals surface area contributed by atoms with Crippen molar-refractivity contribution < 1.29 is 19.4 Å². The SMILES string of the molecule is COc1ccc(OCC(C(=O)O)c2cccs2)cc1. The molecule has 5 heteroatoms. The molecule has 0 bridgehead atoms. The lowest BCUT2D eigenvalue weighted by Crippen LogP contribution is -2.18. The largest absolute Gasteiger partial charge is 0.497 e. The molecule has 1 heterocycles. The highest BCUT2D eigenvalue weighted by Crippen LogP contribution is 2.24. The van der Waals surface area contributed by atoms with Gasteiger partial charge in [-0.2, -0.15) is 0 Å². The van der Waals surface area contributed by atoms with E-state index in [1.54, 1.807) is 37.4 Å². The van der Waals surface area contributed by atoms with Crippen LogP contribution in [0.2, 0.25) is 0 Å². The summed E-state index contributed by atoms with van der Waals surface area (Å²) in [6, 6.07) is 10.7. The molecule has 4 nitrogen and oxygen atoms in total. The summed E-state index contributed by atoms with van der Waals surface area (Å²) >= 11 is 1.42. The van der Waals surface area contributed by atoms with E-state index < -0.39 is 11.9 Å². The van der Waals surface area contributed by atoms with Gasteiger partial charge in [0.2, 0.25) is 0 Å². The number of methoxy groups -OCH3 is 1. The number of rotatable bonds is 6. The second kappa shape index (κ2) is 6.24. The first-order valence-corrected chi connectivity index (χ1v) is 6.61. The molecule has 1 atom stereocenters. The van der Waals surface area contributed by atoms with Gasteiger partial charge in [-0.25, -0.2) is 0 Å². The van der Waals surface area contributed by atoms with E-state index in [0.717, 1.165) is 10.6 Å². The predicted octanol–water partition coefficient (Wildman–Crippen LogP) is 3.00. The molecule has 100 valence electrons. The summed E-state index contributed by atoms with van der Waals surface area (Å²) in [7, 11) is 1.59. The molecule has 1 N–H and O–H groups in total. The first-order valence-electron chi connectivity index (χ1n) is 5.74. The minimum absolute atomic E-state index is 0.113. The van der Waals surface area contributed by atoms with Crippen LogP contribution in [0.3, 0.4) is 0 Å². The Morgan fingerprint density at radius 2 is 1.95 bits per heavy atom. The topological polar surface area (TPSA) is 55.8 Å². The number of carboxylic acid groups (broad SMARTS) is 1. The van der Waals surface area contributed by atoms with Crippen molar-refractivity contribution in [3.05, 3.63) is 46.7 Å². The van der Waals surface area contributed by atoms with Crippen molar-refractivity contribution in [2.24, 2.45) is 0 Å². The molecule has 0 fully saturated rings. The van der Waals surface area contributed by atoms with Gasteiger partial charge in [-0.3, -0.25) is 4.79 Å². The third-order valence-corrected chi connectivity index (χ3v) is 3.65. The molecule has 0 spiro atoms. The van der Waals surface area contributed by atoms with E-state index >= 15 is 0 Å². The summed E-state index contributed by atoms with van der Waals surface area (Å²) in [5.74, 6) is -0.151. The number of carbonyl (C=O) groups is 1. The fourth-order valence-corrected chi connectivity index (χ4v) is 2.42. The minimum atomic E-state index is -0.879. The normalized spacial score (nSPS) is 11.8. The van der Waals surface area contributed by atoms with E-state index in [2.05, 4.69) is 0 Å². The Morgan fingerprint density at radius 1 is 1.26 bits per heavy atom. The van der Waals surface area contributed by atoms with Crippen LogP contribution in [-0.2, 0) is 4.79 Å². The molecular formula is C14H14O4S. The van der Waals surface area contributed by atoms with E-state index in [-0.39, 0.29) is 6.61 Å². The quantitative estimate of drug-likeness (QED) is 0.882. The van der Waals surface area contributed by atoms with Crippen LogP contribution in [0, 0.1) is 0 Å². The fraction of sp³-hybridized carbons (Fsp3) is 0.214. The Kier molecular flexibility index (Phi) is 4.41. The van der Waals surface area contributed by atoms with Crippen molar-refractivity contribution in [2.75, 3.05) is 13.7 Å². The molecule has 0 saturated heterocycles. The van der Waals surface area contributed by atoms with Crippen molar-refractivity contribution >= 4 is 17.3 Å². The van der Waals surface area contributed by atoms with Crippen molar-refractivity contribution in [3.63, 3.8) is 0 Å². The van der Waals surface area contributed by atoms with Crippen LogP contribution in [0.5, 0.6) is 11.5 Å². The van der Waals surface area contributed by atoms with Crippen LogP contribution in [0.25, 0.3) is 0 Å². The van der Waals surface area contributed by atoms with E-state index in [4.69, 9.17) is 9.47 Å². The summed E-state index contributed by atoms with van der Waals surface area (Å²) in [4.78, 5) is 12.0. The Hall–Kier alpha value is -2.01. The lowest BCUT2D eigenvalue weighted by Gasteiger charge is -2.12. The van der Waals surface area contributed by atoms with Gasteiger partial charge in [0.25, 0.3) is 0 Å². The van der Waals surface area contributed by atoms with E-state index in [0.29, 0.717) is 5.75 Å². The smallest absolute Gasteiger partial charge is 0.315 e. The molecule has 0 radical (unpaired) electrons. The number of aliphatic carboxylic acids is 1. The second-order valence-corrected chi connectivity index (χ2v) is 4.87. The standard InChI is InChI=1S/C14H14O4S/c1-17-10-4-6-11(7-5-10)18-9-12(14(15)16)13-3-2-8-19-13/h2-8,12H,9H2,1H3,(H,15,16). The van der Waals surface area contributed by atoms with Gasteiger partial charge >= 0.3 is 5.97 Å². The predicted molar refractivity (Wildman–Crippen MR) is 73.2 cm³/mol. The lowest BCUT2D eigenvalue weighted by molar-refractivity contribution is -0.139. The molecular weight excluding hydrogens is 264 g/mol. The monoisotopic (exact) mass is 278 g/mol. The van der Waals surface area contributed by atoms with E-state index in [1.165, 1.54) is 11.3 Å². The molecule has 2 rings (SSSR count). The highest BCUT2D eigenvalue weighted by atomic mass is 32.1. The van der Waals surface area contributed by atoms with Crippen LogP contribution in [0.1, 0.15) is 10.8 Å². The van der Waals surface area contributed by atoms with E-state index in [1.807, 2.05) is 11.4 Å². The second-order valence-electron chi connectivity index (χ2n) is 3.89. The Bertz CT molecular complexity index is 519. The average molecular weight is 278 g/mol. The number of ether oxygens (including phenoxy) is 2. The molecule has 0 amide bonds. The van der Waals surface area contributed by atoms with Crippen molar-refractivity contribution in [1.82, 2.24) is 0 Å². The first-order chi connectivity index (χ1) is 9.20. The maximum absolute atomic E-state index is 11.2. The molecule has 1 aromatic heterocycles. The number of hydrogen-bond acceptors (Lipinski definition) is 4. The number of thiophene rings is 1. The average Bonchev–Trinajstić information content (AvgIpc) is 2.93. The summed E-state index contributed by atoms with van der Waals surface area (Å²) in [5, 5.41) is 11.1. The Labute approximate surface area is 115 Å². The van der Waals surface area contributed by atoms with Gasteiger partial charge in [0.05, 0.1) is 7.11 Å². The van der Waals surface area contributed by atoms with Gasteiger partial charge in [-0.05, 0) is 35.7 Å². The zero-order chi connectivity index (χ0) is 13.7. The molecule has 0 saturated carbocycles. The van der Waals surface area contributed by atoms with Gasteiger partial charge in [0.15, 0.2) is 0 Å². The molecule has 0 aliphatic heterocycles. The summed E-state index contributed by atoms with van der Waals surface area (Å²) in [6.45, 7) is 0.113. The number of benzene rings is 1. The van der Waals surface area contributed by atoms with Crippen molar-refractivity contribution in [2.45, 2.75) is 5.92 Å². The van der Waals surface area contributed by atoms with Crippen LogP contribution in [-0.4, -0.2) is 24.8 Å². The highest BCUT2D eigenvalue weighted by molar-refractivity contribution is 7.10. The Balaban J connectivity index is 2.00. The van der Waals surface area contributed by atoms with Gasteiger partial charge < -0.3 is 14.6 Å². The summed E-state index contributed by atoms with van der Waals surface area (Å²) < 4.78 is 10.6. The third kappa shape index (κ3) is 3.48. The maximum atomic E-state index is 11.2. The van der Waals surface area contributed by atoms with Crippen molar-refractivity contribution in [3.8, 4) is 11.5 Å². The maximum Gasteiger partial charge on any atom is 0.315 e. The number of carboxylic acids is 1. The van der Waals surface area contributed by atoms with Gasteiger partial charge in [0.1, 0.15) is 24.0 Å². The summed E-state index contributed by atoms with van der Waals surface area (Å²) in [6.07, 6.45) is 0. The summed E-state index contributed by atoms with van der Waals surface area (Å²) in [5.41, 5.74) is 0. The fourth-order valence-electron chi connectivity index (χ4n) is 1.62. The Morgan fingerprint density at radius 3 is 2.47 bits per heavy atom. The molecule has 2 aromatic rings. The first kappa shape index (κ1) is 13.4. The van der Waals surface area contributed by atoms with Crippen LogP contribution in [0.4, 0.5) is 0 Å². The lowest BCUT2D eigenvalue weighted by atomic mass is 10.1. The molecule has 0 aliphatic carbocycles. The van der Waals surface area contributed by atoms with E-state index in [9.17, 15) is 9.90 Å². The van der Waals surface area contributed by atoms with Crippen LogP contribution in [0.15, 0.2) is 41.8 Å². The molecule has 1 unspecified atom stereocenters.